The van der Waals surface area contributed by atoms with Gasteiger partial charge in [-0.25, -0.2) is 0 Å². The molecule has 0 atom stereocenters. The van der Waals surface area contributed by atoms with Crippen LogP contribution in [0.4, 0.5) is 18.9 Å². The van der Waals surface area contributed by atoms with Crippen molar-refractivity contribution in [3.05, 3.63) is 75.3 Å². The Morgan fingerprint density at radius 3 is 2.44 bits per heavy atom. The second-order valence-corrected chi connectivity index (χ2v) is 4.87. The number of benzene rings is 2. The number of nitro benzene ring substituents is 1. The summed E-state index contributed by atoms with van der Waals surface area (Å²) in [6.07, 6.45) is -4.40. The predicted molar refractivity (Wildman–Crippen MR) is 83.8 cm³/mol. The van der Waals surface area contributed by atoms with Gasteiger partial charge in [0.1, 0.15) is 0 Å². The van der Waals surface area contributed by atoms with Crippen LogP contribution in [0, 0.1) is 22.0 Å². The Morgan fingerprint density at radius 2 is 1.84 bits per heavy atom. The Kier molecular flexibility index (Phi) is 5.39. The minimum absolute atomic E-state index is 0.0530. The third-order valence-electron chi connectivity index (χ3n) is 3.10. The molecule has 8 heteroatoms. The largest absolute Gasteiger partial charge is 0.416 e. The number of hydrogen-bond acceptors (Lipinski definition) is 3. The van der Waals surface area contributed by atoms with Gasteiger partial charge in [-0.15, -0.1) is 0 Å². The van der Waals surface area contributed by atoms with Gasteiger partial charge in [-0.3, -0.25) is 14.9 Å². The van der Waals surface area contributed by atoms with Gasteiger partial charge >= 0.3 is 6.18 Å². The van der Waals surface area contributed by atoms with Gasteiger partial charge in [-0.05, 0) is 30.3 Å². The zero-order valence-corrected chi connectivity index (χ0v) is 12.6. The van der Waals surface area contributed by atoms with E-state index in [4.69, 9.17) is 0 Å². The molecule has 0 aliphatic carbocycles. The maximum atomic E-state index is 12.4. The molecule has 1 N–H and O–H groups in total. The molecule has 2 rings (SSSR count). The Morgan fingerprint density at radius 1 is 1.16 bits per heavy atom. The number of alkyl halides is 3. The normalized spacial score (nSPS) is 10.5. The Bertz CT molecular complexity index is 850. The predicted octanol–water partition coefficient (Wildman–Crippen LogP) is 3.40. The number of nitrogens with one attached hydrogen (secondary N) is 1. The summed E-state index contributed by atoms with van der Waals surface area (Å²) in [5.41, 5.74) is -0.483. The second-order valence-electron chi connectivity index (χ2n) is 4.87. The lowest BCUT2D eigenvalue weighted by molar-refractivity contribution is -0.384. The smallest absolute Gasteiger partial charge is 0.341 e. The average Bonchev–Trinajstić information content (AvgIpc) is 2.58. The van der Waals surface area contributed by atoms with E-state index < -0.39 is 22.6 Å². The van der Waals surface area contributed by atoms with Crippen LogP contribution < -0.4 is 5.32 Å². The fourth-order valence-electron chi connectivity index (χ4n) is 1.88. The number of rotatable bonds is 3. The first kappa shape index (κ1) is 18.0. The molecule has 0 fully saturated rings. The molecule has 0 aromatic heterocycles. The standard InChI is InChI=1S/C17H11F3N2O3/c18-17(19,20)14-8-6-12(7-9-14)3-2-10-21-16(23)13-4-1-5-15(11-13)22(24)25/h1,4-9,11H,10H2,(H,21,23). The first-order valence-corrected chi connectivity index (χ1v) is 6.96. The molecule has 0 unspecified atom stereocenters. The maximum Gasteiger partial charge on any atom is 0.416 e. The molecule has 0 bridgehead atoms. The van der Waals surface area contributed by atoms with Crippen molar-refractivity contribution in [2.45, 2.75) is 6.18 Å². The third kappa shape index (κ3) is 5.07. The molecule has 0 radical (unpaired) electrons. The number of amides is 1. The van der Waals surface area contributed by atoms with Gasteiger partial charge in [0, 0.05) is 23.3 Å². The van der Waals surface area contributed by atoms with E-state index in [2.05, 4.69) is 17.2 Å². The molecule has 5 nitrogen and oxygen atoms in total. The van der Waals surface area contributed by atoms with Crippen molar-refractivity contribution < 1.29 is 22.9 Å². The monoisotopic (exact) mass is 348 g/mol. The van der Waals surface area contributed by atoms with Gasteiger partial charge in [-0.1, -0.05) is 17.9 Å². The fraction of sp³-hybridized carbons (Fsp3) is 0.118. The van der Waals surface area contributed by atoms with Crippen LogP contribution >= 0.6 is 0 Å². The molecule has 1 amide bonds. The topological polar surface area (TPSA) is 72.2 Å². The van der Waals surface area contributed by atoms with Crippen LogP contribution in [0.15, 0.2) is 48.5 Å². The summed E-state index contributed by atoms with van der Waals surface area (Å²) in [6.45, 7) is -0.0530. The van der Waals surface area contributed by atoms with Crippen molar-refractivity contribution in [3.63, 3.8) is 0 Å². The summed E-state index contributed by atoms with van der Waals surface area (Å²) in [6, 6.07) is 9.53. The summed E-state index contributed by atoms with van der Waals surface area (Å²) in [4.78, 5) is 21.9. The summed E-state index contributed by atoms with van der Waals surface area (Å²) in [7, 11) is 0. The van der Waals surface area contributed by atoms with Crippen molar-refractivity contribution >= 4 is 11.6 Å². The van der Waals surface area contributed by atoms with E-state index in [1.54, 1.807) is 0 Å². The van der Waals surface area contributed by atoms with Gasteiger partial charge in [0.15, 0.2) is 0 Å². The molecule has 0 aliphatic rings. The zero-order chi connectivity index (χ0) is 18.4. The molecule has 2 aromatic carbocycles. The maximum absolute atomic E-state index is 12.4. The summed E-state index contributed by atoms with van der Waals surface area (Å²) >= 11 is 0. The van der Waals surface area contributed by atoms with Crippen molar-refractivity contribution in [1.29, 1.82) is 0 Å². The van der Waals surface area contributed by atoms with E-state index in [-0.39, 0.29) is 17.8 Å². The van der Waals surface area contributed by atoms with E-state index in [0.717, 1.165) is 18.2 Å². The molecule has 0 heterocycles. The lowest BCUT2D eigenvalue weighted by Gasteiger charge is -2.05. The molecule has 0 saturated heterocycles. The summed E-state index contributed by atoms with van der Waals surface area (Å²) < 4.78 is 37.3. The molecule has 25 heavy (non-hydrogen) atoms. The molecule has 0 saturated carbocycles. The number of nitro groups is 1. The van der Waals surface area contributed by atoms with E-state index in [9.17, 15) is 28.1 Å². The first-order valence-electron chi connectivity index (χ1n) is 6.96. The Balaban J connectivity index is 1.95. The molecule has 2 aromatic rings. The molecule has 0 spiro atoms. The Hall–Kier alpha value is -3.34. The zero-order valence-electron chi connectivity index (χ0n) is 12.6. The first-order chi connectivity index (χ1) is 11.8. The fourth-order valence-corrected chi connectivity index (χ4v) is 1.88. The van der Waals surface area contributed by atoms with Gasteiger partial charge < -0.3 is 5.32 Å². The van der Waals surface area contributed by atoms with Crippen LogP contribution in [0.5, 0.6) is 0 Å². The highest BCUT2D eigenvalue weighted by atomic mass is 19.4. The summed E-state index contributed by atoms with van der Waals surface area (Å²) in [5, 5.41) is 13.1. The molecule has 128 valence electrons. The van der Waals surface area contributed by atoms with Crippen LogP contribution in [-0.4, -0.2) is 17.4 Å². The van der Waals surface area contributed by atoms with Crippen LogP contribution in [0.2, 0.25) is 0 Å². The van der Waals surface area contributed by atoms with Crippen molar-refractivity contribution in [1.82, 2.24) is 5.32 Å². The SMILES string of the molecule is O=C(NCC#Cc1ccc(C(F)(F)F)cc1)c1cccc([N+](=O)[O-])c1. The number of hydrogen-bond donors (Lipinski definition) is 1. The van der Waals surface area contributed by atoms with Crippen LogP contribution in [0.25, 0.3) is 0 Å². The number of carbonyl (C=O) groups excluding carboxylic acids is 1. The number of nitrogens with zero attached hydrogens (tertiary/aromatic N) is 1. The van der Waals surface area contributed by atoms with Gasteiger partial charge in [-0.2, -0.15) is 13.2 Å². The quantitative estimate of drug-likeness (QED) is 0.525. The van der Waals surface area contributed by atoms with Crippen molar-refractivity contribution in [3.8, 4) is 11.8 Å². The molecular formula is C17H11F3N2O3. The summed E-state index contributed by atoms with van der Waals surface area (Å²) in [5.74, 6) is 4.68. The van der Waals surface area contributed by atoms with Crippen molar-refractivity contribution in [2.75, 3.05) is 6.54 Å². The van der Waals surface area contributed by atoms with E-state index in [0.29, 0.717) is 5.56 Å². The van der Waals surface area contributed by atoms with Gasteiger partial charge in [0.05, 0.1) is 17.0 Å². The lowest BCUT2D eigenvalue weighted by atomic mass is 10.1. The van der Waals surface area contributed by atoms with E-state index in [1.165, 1.54) is 30.3 Å². The molecular weight excluding hydrogens is 337 g/mol. The van der Waals surface area contributed by atoms with Gasteiger partial charge in [0.2, 0.25) is 0 Å². The highest BCUT2D eigenvalue weighted by molar-refractivity contribution is 5.94. The van der Waals surface area contributed by atoms with Crippen LogP contribution in [0.3, 0.4) is 0 Å². The third-order valence-corrected chi connectivity index (χ3v) is 3.10. The van der Waals surface area contributed by atoms with Crippen LogP contribution in [-0.2, 0) is 6.18 Å². The Labute approximate surface area is 140 Å². The van der Waals surface area contributed by atoms with Gasteiger partial charge in [0.25, 0.3) is 11.6 Å². The molecule has 0 aliphatic heterocycles. The van der Waals surface area contributed by atoms with E-state index >= 15 is 0 Å². The number of carbonyl (C=O) groups is 1. The minimum atomic E-state index is -4.40. The van der Waals surface area contributed by atoms with Crippen molar-refractivity contribution in [2.24, 2.45) is 0 Å². The minimum Gasteiger partial charge on any atom is -0.341 e. The highest BCUT2D eigenvalue weighted by Gasteiger charge is 2.29. The second kappa shape index (κ2) is 7.49. The average molecular weight is 348 g/mol. The van der Waals surface area contributed by atoms with Crippen LogP contribution in [0.1, 0.15) is 21.5 Å². The highest BCUT2D eigenvalue weighted by Crippen LogP contribution is 2.28. The number of non-ortho nitro benzene ring substituents is 1. The lowest BCUT2D eigenvalue weighted by Crippen LogP contribution is -2.23. The number of halogens is 3. The van der Waals surface area contributed by atoms with E-state index in [1.807, 2.05) is 0 Å².